The minimum absolute atomic E-state index is 0.0729. The molecule has 1 unspecified atom stereocenters. The van der Waals surface area contributed by atoms with Crippen molar-refractivity contribution in [1.29, 1.82) is 0 Å². The molecule has 0 radical (unpaired) electrons. The Hall–Kier alpha value is -2.37. The van der Waals surface area contributed by atoms with Crippen LogP contribution in [0.25, 0.3) is 0 Å². The third kappa shape index (κ3) is 4.41. The van der Waals surface area contributed by atoms with E-state index in [1.54, 1.807) is 17.4 Å². The van der Waals surface area contributed by atoms with Gasteiger partial charge in [-0.2, -0.15) is 4.31 Å². The first-order valence-corrected chi connectivity index (χ1v) is 14.4. The van der Waals surface area contributed by atoms with Gasteiger partial charge in [0.05, 0.1) is 35.9 Å². The predicted molar refractivity (Wildman–Crippen MR) is 124 cm³/mol. The lowest BCUT2D eigenvalue weighted by atomic mass is 10.2. The van der Waals surface area contributed by atoms with Gasteiger partial charge in [0.25, 0.3) is 0 Å². The molecule has 5 rings (SSSR count). The van der Waals surface area contributed by atoms with Crippen LogP contribution in [0.1, 0.15) is 24.8 Å². The maximum Gasteiger partial charge on any atom is 0.217 e. The van der Waals surface area contributed by atoms with Crippen molar-refractivity contribution >= 4 is 31.2 Å². The summed E-state index contributed by atoms with van der Waals surface area (Å²) in [6.07, 6.45) is 4.67. The van der Waals surface area contributed by atoms with Crippen LogP contribution in [0.2, 0.25) is 0 Å². The number of nitrogens with zero attached hydrogens (tertiary/aromatic N) is 3. The van der Waals surface area contributed by atoms with Gasteiger partial charge < -0.3 is 14.4 Å². The fourth-order valence-electron chi connectivity index (χ4n) is 4.42. The van der Waals surface area contributed by atoms with E-state index < -0.39 is 19.9 Å². The molecule has 33 heavy (non-hydrogen) atoms. The van der Waals surface area contributed by atoms with E-state index in [1.807, 2.05) is 29.2 Å². The molecular formula is C22H27N3O6S2. The standard InChI is InChI=1S/C22H27N3O6S2/c1-15-11-16(13-23-22(15)32(2,26)27)25-9-10-30-21-6-3-17(12-20(21)25)31-18-7-8-24(14-18)33(28,29)19-4-5-19/h3,6,11-13,18-19H,4-5,7-10,14H2,1-2H3. The summed E-state index contributed by atoms with van der Waals surface area (Å²) < 4.78 is 62.4. The van der Waals surface area contributed by atoms with Crippen LogP contribution in [-0.2, 0) is 19.9 Å². The molecule has 1 saturated heterocycles. The molecule has 0 bridgehead atoms. The smallest absolute Gasteiger partial charge is 0.217 e. The molecule has 9 nitrogen and oxygen atoms in total. The van der Waals surface area contributed by atoms with E-state index in [-0.39, 0.29) is 16.4 Å². The highest BCUT2D eigenvalue weighted by molar-refractivity contribution is 7.90. The van der Waals surface area contributed by atoms with Crippen LogP contribution in [0, 0.1) is 6.92 Å². The van der Waals surface area contributed by atoms with Gasteiger partial charge in [-0.15, -0.1) is 0 Å². The Morgan fingerprint density at radius 1 is 1.09 bits per heavy atom. The normalized spacial score (nSPS) is 21.5. The molecule has 178 valence electrons. The molecule has 3 aliphatic rings. The zero-order valence-electron chi connectivity index (χ0n) is 18.6. The SMILES string of the molecule is Cc1cc(N2CCOc3ccc(OC4CCN(S(=O)(=O)C5CC5)C4)cc32)cnc1S(C)(=O)=O. The number of anilines is 2. The lowest BCUT2D eigenvalue weighted by Crippen LogP contribution is -2.33. The highest BCUT2D eigenvalue weighted by Gasteiger charge is 2.43. The van der Waals surface area contributed by atoms with E-state index in [9.17, 15) is 16.8 Å². The van der Waals surface area contributed by atoms with Crippen LogP contribution < -0.4 is 14.4 Å². The number of sulfone groups is 1. The zero-order chi connectivity index (χ0) is 23.4. The Morgan fingerprint density at radius 2 is 1.88 bits per heavy atom. The zero-order valence-corrected chi connectivity index (χ0v) is 20.2. The maximum absolute atomic E-state index is 12.5. The van der Waals surface area contributed by atoms with Crippen molar-refractivity contribution in [1.82, 2.24) is 9.29 Å². The Kier molecular flexibility index (Phi) is 5.53. The quantitative estimate of drug-likeness (QED) is 0.603. The van der Waals surface area contributed by atoms with Crippen LogP contribution in [-0.4, -0.2) is 70.0 Å². The first kappa shape index (κ1) is 22.4. The van der Waals surface area contributed by atoms with E-state index >= 15 is 0 Å². The second-order valence-corrected chi connectivity index (χ2v) is 13.0. The third-order valence-corrected chi connectivity index (χ3v) is 9.68. The first-order valence-electron chi connectivity index (χ1n) is 11.0. The molecule has 2 fully saturated rings. The Labute approximate surface area is 194 Å². The van der Waals surface area contributed by atoms with Gasteiger partial charge >= 0.3 is 0 Å². The fourth-order valence-corrected chi connectivity index (χ4v) is 7.19. The number of pyridine rings is 1. The summed E-state index contributed by atoms with van der Waals surface area (Å²) >= 11 is 0. The van der Waals surface area contributed by atoms with E-state index in [0.29, 0.717) is 49.7 Å². The largest absolute Gasteiger partial charge is 0.490 e. The van der Waals surface area contributed by atoms with Gasteiger partial charge in [0.15, 0.2) is 14.9 Å². The molecule has 0 N–H and O–H groups in total. The number of rotatable bonds is 6. The van der Waals surface area contributed by atoms with Crippen molar-refractivity contribution in [2.24, 2.45) is 0 Å². The molecule has 1 aliphatic carbocycles. The molecule has 1 aromatic heterocycles. The van der Waals surface area contributed by atoms with Crippen LogP contribution >= 0.6 is 0 Å². The number of fused-ring (bicyclic) bond motifs is 1. The molecule has 1 aromatic carbocycles. The fraction of sp³-hybridized carbons (Fsp3) is 0.500. The number of aryl methyl sites for hydroxylation is 1. The van der Waals surface area contributed by atoms with Gasteiger partial charge in [-0.25, -0.2) is 21.8 Å². The number of benzene rings is 1. The van der Waals surface area contributed by atoms with Gasteiger partial charge in [0.1, 0.15) is 24.2 Å². The summed E-state index contributed by atoms with van der Waals surface area (Å²) in [4.78, 5) is 6.21. The molecular weight excluding hydrogens is 466 g/mol. The van der Waals surface area contributed by atoms with E-state index in [2.05, 4.69) is 4.98 Å². The van der Waals surface area contributed by atoms with Crippen molar-refractivity contribution in [3.63, 3.8) is 0 Å². The second kappa shape index (κ2) is 8.14. The first-order chi connectivity index (χ1) is 15.6. The molecule has 1 saturated carbocycles. The van der Waals surface area contributed by atoms with Crippen LogP contribution in [0.15, 0.2) is 35.5 Å². The number of sulfonamides is 1. The average molecular weight is 494 g/mol. The van der Waals surface area contributed by atoms with Crippen molar-refractivity contribution in [3.8, 4) is 11.5 Å². The summed E-state index contributed by atoms with van der Waals surface area (Å²) in [6.45, 7) is 3.64. The predicted octanol–water partition coefficient (Wildman–Crippen LogP) is 2.27. The summed E-state index contributed by atoms with van der Waals surface area (Å²) in [7, 11) is -6.59. The van der Waals surface area contributed by atoms with Gasteiger partial charge in [-0.05, 0) is 49.9 Å². The average Bonchev–Trinajstić information content (AvgIpc) is 3.52. The highest BCUT2D eigenvalue weighted by Crippen LogP contribution is 2.40. The number of hydrogen-bond donors (Lipinski definition) is 0. The summed E-state index contributed by atoms with van der Waals surface area (Å²) in [5.41, 5.74) is 2.15. The second-order valence-electron chi connectivity index (χ2n) is 8.85. The lowest BCUT2D eigenvalue weighted by molar-refractivity contribution is 0.215. The van der Waals surface area contributed by atoms with Crippen molar-refractivity contribution < 1.29 is 26.3 Å². The van der Waals surface area contributed by atoms with Gasteiger partial charge in [0.2, 0.25) is 10.0 Å². The number of aromatic nitrogens is 1. The third-order valence-electron chi connectivity index (χ3n) is 6.19. The number of ether oxygens (including phenoxy) is 2. The van der Waals surface area contributed by atoms with E-state index in [1.165, 1.54) is 0 Å². The molecule has 1 atom stereocenters. The Morgan fingerprint density at radius 3 is 2.58 bits per heavy atom. The van der Waals surface area contributed by atoms with Crippen LogP contribution in [0.4, 0.5) is 11.4 Å². The van der Waals surface area contributed by atoms with Gasteiger partial charge in [0, 0.05) is 18.9 Å². The molecule has 2 aromatic rings. The van der Waals surface area contributed by atoms with E-state index in [4.69, 9.17) is 9.47 Å². The molecule has 11 heteroatoms. The minimum Gasteiger partial charge on any atom is -0.490 e. The lowest BCUT2D eigenvalue weighted by Gasteiger charge is -2.32. The molecule has 2 aliphatic heterocycles. The van der Waals surface area contributed by atoms with Gasteiger partial charge in [-0.1, -0.05) is 0 Å². The van der Waals surface area contributed by atoms with Crippen LogP contribution in [0.3, 0.4) is 0 Å². The van der Waals surface area contributed by atoms with Crippen molar-refractivity contribution in [3.05, 3.63) is 36.0 Å². The van der Waals surface area contributed by atoms with Crippen molar-refractivity contribution in [2.75, 3.05) is 37.4 Å². The number of hydrogen-bond acceptors (Lipinski definition) is 8. The topological polar surface area (TPSA) is 106 Å². The van der Waals surface area contributed by atoms with Crippen molar-refractivity contribution in [2.45, 2.75) is 42.6 Å². The van der Waals surface area contributed by atoms with E-state index in [0.717, 1.165) is 30.5 Å². The minimum atomic E-state index is -3.40. The highest BCUT2D eigenvalue weighted by atomic mass is 32.2. The monoisotopic (exact) mass is 493 g/mol. The Bertz CT molecular complexity index is 1290. The summed E-state index contributed by atoms with van der Waals surface area (Å²) in [6, 6.07) is 7.36. The Balaban J connectivity index is 1.36. The molecule has 0 spiro atoms. The molecule has 0 amide bonds. The van der Waals surface area contributed by atoms with Gasteiger partial charge in [-0.3, -0.25) is 0 Å². The molecule has 3 heterocycles. The summed E-state index contributed by atoms with van der Waals surface area (Å²) in [5.74, 6) is 1.33. The van der Waals surface area contributed by atoms with Crippen LogP contribution in [0.5, 0.6) is 11.5 Å². The maximum atomic E-state index is 12.5. The summed E-state index contributed by atoms with van der Waals surface area (Å²) in [5, 5.41) is -0.138.